The van der Waals surface area contributed by atoms with Gasteiger partial charge in [-0.15, -0.1) is 0 Å². The van der Waals surface area contributed by atoms with Gasteiger partial charge in [0.25, 0.3) is 10.2 Å². The SMILES string of the molecule is CC(C)NS(=O)(=O)N(C)CC1CCCNC1. The summed E-state index contributed by atoms with van der Waals surface area (Å²) in [6.45, 7) is 6.22. The average molecular weight is 249 g/mol. The summed E-state index contributed by atoms with van der Waals surface area (Å²) in [5.41, 5.74) is 0. The highest BCUT2D eigenvalue weighted by atomic mass is 32.2. The first-order chi connectivity index (χ1) is 7.42. The molecule has 0 saturated carbocycles. The fourth-order valence-corrected chi connectivity index (χ4v) is 3.11. The van der Waals surface area contributed by atoms with Crippen LogP contribution in [0.3, 0.4) is 0 Å². The van der Waals surface area contributed by atoms with Crippen LogP contribution in [0.25, 0.3) is 0 Å². The van der Waals surface area contributed by atoms with Crippen molar-refractivity contribution in [3.63, 3.8) is 0 Å². The van der Waals surface area contributed by atoms with Gasteiger partial charge in [0.05, 0.1) is 0 Å². The summed E-state index contributed by atoms with van der Waals surface area (Å²) in [4.78, 5) is 0. The number of hydrogen-bond acceptors (Lipinski definition) is 3. The fourth-order valence-electron chi connectivity index (χ4n) is 1.93. The first kappa shape index (κ1) is 13.9. The standard InChI is InChI=1S/C10H23N3O2S/c1-9(2)12-16(14,15)13(3)8-10-5-4-6-11-7-10/h9-12H,4-8H2,1-3H3. The molecule has 0 bridgehead atoms. The van der Waals surface area contributed by atoms with Gasteiger partial charge in [0.1, 0.15) is 0 Å². The van der Waals surface area contributed by atoms with Crippen LogP contribution < -0.4 is 10.0 Å². The molecule has 5 nitrogen and oxygen atoms in total. The van der Waals surface area contributed by atoms with Crippen LogP contribution in [-0.2, 0) is 10.2 Å². The first-order valence-corrected chi connectivity index (χ1v) is 7.30. The van der Waals surface area contributed by atoms with Gasteiger partial charge in [0.2, 0.25) is 0 Å². The number of hydrogen-bond donors (Lipinski definition) is 2. The van der Waals surface area contributed by atoms with E-state index in [1.165, 1.54) is 4.31 Å². The normalized spacial score (nSPS) is 22.9. The van der Waals surface area contributed by atoms with Crippen molar-refractivity contribution in [2.24, 2.45) is 5.92 Å². The summed E-state index contributed by atoms with van der Waals surface area (Å²) < 4.78 is 27.6. The van der Waals surface area contributed by atoms with E-state index >= 15 is 0 Å². The van der Waals surface area contributed by atoms with Crippen LogP contribution in [0.4, 0.5) is 0 Å². The summed E-state index contributed by atoms with van der Waals surface area (Å²) in [5.74, 6) is 0.433. The highest BCUT2D eigenvalue weighted by molar-refractivity contribution is 7.87. The predicted octanol–water partition coefficient (Wildman–Crippen LogP) is 0.161. The summed E-state index contributed by atoms with van der Waals surface area (Å²) in [6.07, 6.45) is 2.24. The second kappa shape index (κ2) is 5.95. The van der Waals surface area contributed by atoms with Crippen molar-refractivity contribution in [2.75, 3.05) is 26.7 Å². The molecule has 1 heterocycles. The molecule has 1 fully saturated rings. The minimum absolute atomic E-state index is 0.0584. The Labute approximate surface area is 98.8 Å². The van der Waals surface area contributed by atoms with Crippen molar-refractivity contribution in [1.82, 2.24) is 14.3 Å². The third-order valence-electron chi connectivity index (χ3n) is 2.71. The lowest BCUT2D eigenvalue weighted by molar-refractivity contribution is 0.312. The van der Waals surface area contributed by atoms with Gasteiger partial charge in [-0.1, -0.05) is 0 Å². The van der Waals surface area contributed by atoms with Crippen LogP contribution in [0, 0.1) is 5.92 Å². The molecule has 1 unspecified atom stereocenters. The van der Waals surface area contributed by atoms with Gasteiger partial charge in [-0.05, 0) is 45.7 Å². The molecule has 0 aromatic heterocycles. The van der Waals surface area contributed by atoms with E-state index in [1.807, 2.05) is 13.8 Å². The molecule has 0 aromatic carbocycles. The number of nitrogens with zero attached hydrogens (tertiary/aromatic N) is 1. The molecule has 96 valence electrons. The van der Waals surface area contributed by atoms with Crippen molar-refractivity contribution in [2.45, 2.75) is 32.7 Å². The lowest BCUT2D eigenvalue weighted by Gasteiger charge is -2.27. The second-order valence-corrected chi connectivity index (χ2v) is 6.58. The van der Waals surface area contributed by atoms with Crippen LogP contribution in [0.2, 0.25) is 0 Å². The van der Waals surface area contributed by atoms with Gasteiger partial charge in [-0.25, -0.2) is 0 Å². The highest BCUT2D eigenvalue weighted by Crippen LogP contribution is 2.12. The van der Waals surface area contributed by atoms with Crippen molar-refractivity contribution >= 4 is 10.2 Å². The lowest BCUT2D eigenvalue weighted by Crippen LogP contribution is -2.45. The lowest BCUT2D eigenvalue weighted by atomic mass is 10.00. The Balaban J connectivity index is 2.46. The Hall–Kier alpha value is -0.170. The Morgan fingerprint density at radius 2 is 2.19 bits per heavy atom. The van der Waals surface area contributed by atoms with E-state index < -0.39 is 10.2 Å². The Bertz CT molecular complexity index is 297. The smallest absolute Gasteiger partial charge is 0.279 e. The van der Waals surface area contributed by atoms with Crippen molar-refractivity contribution < 1.29 is 8.42 Å². The monoisotopic (exact) mass is 249 g/mol. The summed E-state index contributed by atoms with van der Waals surface area (Å²) in [7, 11) is -1.67. The van der Waals surface area contributed by atoms with Gasteiger partial charge < -0.3 is 5.32 Å². The third kappa shape index (κ3) is 4.37. The quantitative estimate of drug-likeness (QED) is 0.730. The van der Waals surface area contributed by atoms with E-state index in [1.54, 1.807) is 7.05 Å². The minimum atomic E-state index is -3.30. The number of nitrogens with one attached hydrogen (secondary N) is 2. The molecule has 16 heavy (non-hydrogen) atoms. The number of piperidine rings is 1. The molecule has 0 spiro atoms. The van der Waals surface area contributed by atoms with Crippen molar-refractivity contribution in [3.8, 4) is 0 Å². The molecular weight excluding hydrogens is 226 g/mol. The molecule has 6 heteroatoms. The van der Waals surface area contributed by atoms with Gasteiger partial charge in [0.15, 0.2) is 0 Å². The average Bonchev–Trinajstić information content (AvgIpc) is 2.17. The van der Waals surface area contributed by atoms with E-state index in [-0.39, 0.29) is 6.04 Å². The van der Waals surface area contributed by atoms with Gasteiger partial charge >= 0.3 is 0 Å². The predicted molar refractivity (Wildman–Crippen MR) is 65.4 cm³/mol. The zero-order chi connectivity index (χ0) is 12.2. The largest absolute Gasteiger partial charge is 0.316 e. The van der Waals surface area contributed by atoms with E-state index in [0.29, 0.717) is 12.5 Å². The topological polar surface area (TPSA) is 61.4 Å². The number of rotatable bonds is 5. The minimum Gasteiger partial charge on any atom is -0.316 e. The Kier molecular flexibility index (Phi) is 5.17. The van der Waals surface area contributed by atoms with Crippen LogP contribution in [0.5, 0.6) is 0 Å². The summed E-state index contributed by atoms with van der Waals surface area (Å²) in [6, 6.07) is -0.0584. The third-order valence-corrected chi connectivity index (χ3v) is 4.45. The van der Waals surface area contributed by atoms with E-state index in [9.17, 15) is 8.42 Å². The molecule has 2 N–H and O–H groups in total. The fraction of sp³-hybridized carbons (Fsp3) is 1.00. The maximum atomic E-state index is 11.8. The summed E-state index contributed by atoms with van der Waals surface area (Å²) in [5, 5.41) is 3.29. The maximum absolute atomic E-state index is 11.8. The molecule has 0 amide bonds. The van der Waals surface area contributed by atoms with Crippen LogP contribution >= 0.6 is 0 Å². The van der Waals surface area contributed by atoms with Crippen molar-refractivity contribution in [1.29, 1.82) is 0 Å². The summed E-state index contributed by atoms with van der Waals surface area (Å²) >= 11 is 0. The molecule has 1 aliphatic rings. The molecule has 1 atom stereocenters. The Morgan fingerprint density at radius 1 is 1.50 bits per heavy atom. The molecular formula is C10H23N3O2S. The highest BCUT2D eigenvalue weighted by Gasteiger charge is 2.23. The molecule has 0 radical (unpaired) electrons. The second-order valence-electron chi connectivity index (χ2n) is 4.77. The zero-order valence-corrected chi connectivity index (χ0v) is 11.2. The van der Waals surface area contributed by atoms with Gasteiger partial charge in [-0.3, -0.25) is 0 Å². The van der Waals surface area contributed by atoms with Crippen molar-refractivity contribution in [3.05, 3.63) is 0 Å². The van der Waals surface area contributed by atoms with E-state index in [2.05, 4.69) is 10.0 Å². The van der Waals surface area contributed by atoms with E-state index in [0.717, 1.165) is 25.9 Å². The van der Waals surface area contributed by atoms with Gasteiger partial charge in [-0.2, -0.15) is 17.4 Å². The molecule has 1 saturated heterocycles. The van der Waals surface area contributed by atoms with Crippen LogP contribution in [-0.4, -0.2) is 45.4 Å². The van der Waals surface area contributed by atoms with Crippen LogP contribution in [0.1, 0.15) is 26.7 Å². The van der Waals surface area contributed by atoms with Gasteiger partial charge in [0, 0.05) is 19.6 Å². The molecule has 1 aliphatic heterocycles. The molecule has 0 aliphatic carbocycles. The van der Waals surface area contributed by atoms with E-state index in [4.69, 9.17) is 0 Å². The first-order valence-electron chi connectivity index (χ1n) is 5.86. The maximum Gasteiger partial charge on any atom is 0.279 e. The zero-order valence-electron chi connectivity index (χ0n) is 10.4. The van der Waals surface area contributed by atoms with Crippen LogP contribution in [0.15, 0.2) is 0 Å². The molecule has 0 aromatic rings. The Morgan fingerprint density at radius 3 is 2.69 bits per heavy atom. The molecule has 1 rings (SSSR count).